The molecule has 0 spiro atoms. The van der Waals surface area contributed by atoms with Crippen LogP contribution in [0.3, 0.4) is 0 Å². The van der Waals surface area contributed by atoms with Gasteiger partial charge in [0.15, 0.2) is 0 Å². The Morgan fingerprint density at radius 3 is 2.71 bits per heavy atom. The monoisotopic (exact) mass is 342 g/mol. The molecular formula is C20H23ClN2O. The zero-order valence-corrected chi connectivity index (χ0v) is 14.9. The summed E-state index contributed by atoms with van der Waals surface area (Å²) in [4.78, 5) is 2.48. The molecule has 2 aromatic rings. The van der Waals surface area contributed by atoms with Crippen molar-refractivity contribution >= 4 is 17.3 Å². The van der Waals surface area contributed by atoms with Crippen molar-refractivity contribution in [2.75, 3.05) is 26.0 Å². The number of hydrogen-bond acceptors (Lipinski definition) is 3. The maximum atomic E-state index is 10.2. The van der Waals surface area contributed by atoms with Crippen LogP contribution in [0.4, 0.5) is 5.69 Å². The molecular weight excluding hydrogens is 320 g/mol. The fourth-order valence-corrected chi connectivity index (χ4v) is 4.58. The molecule has 0 fully saturated rings. The molecule has 126 valence electrons. The van der Waals surface area contributed by atoms with E-state index in [0.29, 0.717) is 17.0 Å². The number of nitrogens with one attached hydrogen (secondary N) is 1. The van der Waals surface area contributed by atoms with Crippen molar-refractivity contribution in [3.05, 3.63) is 57.6 Å². The number of phenols is 1. The molecule has 0 radical (unpaired) electrons. The van der Waals surface area contributed by atoms with E-state index in [0.717, 1.165) is 31.5 Å². The van der Waals surface area contributed by atoms with Gasteiger partial charge < -0.3 is 15.3 Å². The van der Waals surface area contributed by atoms with Gasteiger partial charge >= 0.3 is 0 Å². The molecule has 0 bridgehead atoms. The highest BCUT2D eigenvalue weighted by Crippen LogP contribution is 2.44. The summed E-state index contributed by atoms with van der Waals surface area (Å²) in [6.45, 7) is 1.03. The van der Waals surface area contributed by atoms with Gasteiger partial charge in [-0.05, 0) is 72.8 Å². The summed E-state index contributed by atoms with van der Waals surface area (Å²) in [6.07, 6.45) is 3.22. The predicted octanol–water partition coefficient (Wildman–Crippen LogP) is 4.02. The smallest absolute Gasteiger partial charge is 0.134 e. The topological polar surface area (TPSA) is 35.5 Å². The first-order valence-corrected chi connectivity index (χ1v) is 8.98. The molecule has 24 heavy (non-hydrogen) atoms. The van der Waals surface area contributed by atoms with Crippen LogP contribution in [-0.2, 0) is 12.8 Å². The van der Waals surface area contributed by atoms with Gasteiger partial charge in [0.05, 0.1) is 5.02 Å². The highest BCUT2D eigenvalue weighted by Gasteiger charge is 2.36. The molecule has 4 heteroatoms. The number of aromatic hydroxyl groups is 1. The van der Waals surface area contributed by atoms with Gasteiger partial charge in [0.25, 0.3) is 0 Å². The van der Waals surface area contributed by atoms with Crippen LogP contribution in [0.1, 0.15) is 34.6 Å². The Kier molecular flexibility index (Phi) is 3.93. The standard InChI is InChI=1S/C20H23ClN2O/c1-22-14-4-5-15-12(9-14)3-6-18-20(15)16-11-19(24)17(21)10-13(16)7-8-23(18)2/h4-5,9-11,18,20,22,24H,3,6-8H2,1-2H3. The Hall–Kier alpha value is -1.71. The van der Waals surface area contributed by atoms with Crippen LogP contribution in [0, 0.1) is 0 Å². The largest absolute Gasteiger partial charge is 0.506 e. The number of anilines is 1. The van der Waals surface area contributed by atoms with Crippen molar-refractivity contribution in [1.29, 1.82) is 0 Å². The lowest BCUT2D eigenvalue weighted by Gasteiger charge is -2.38. The van der Waals surface area contributed by atoms with Crippen molar-refractivity contribution in [2.24, 2.45) is 0 Å². The minimum absolute atomic E-state index is 0.192. The van der Waals surface area contributed by atoms with E-state index in [1.54, 1.807) is 0 Å². The average Bonchev–Trinajstić information content (AvgIpc) is 2.73. The number of hydrogen-bond donors (Lipinski definition) is 2. The fourth-order valence-electron chi connectivity index (χ4n) is 4.40. The van der Waals surface area contributed by atoms with Crippen molar-refractivity contribution in [3.8, 4) is 5.75 Å². The highest BCUT2D eigenvalue weighted by molar-refractivity contribution is 6.32. The fraction of sp³-hybridized carbons (Fsp3) is 0.400. The average molecular weight is 343 g/mol. The summed E-state index contributed by atoms with van der Waals surface area (Å²) in [5.74, 6) is 0.489. The van der Waals surface area contributed by atoms with Crippen LogP contribution in [-0.4, -0.2) is 36.7 Å². The quantitative estimate of drug-likeness (QED) is 0.821. The Labute approximate surface area is 148 Å². The molecule has 2 aliphatic rings. The van der Waals surface area contributed by atoms with Crippen LogP contribution in [0.25, 0.3) is 0 Å². The van der Waals surface area contributed by atoms with Gasteiger partial charge in [-0.3, -0.25) is 0 Å². The van der Waals surface area contributed by atoms with Crippen molar-refractivity contribution < 1.29 is 5.11 Å². The Morgan fingerprint density at radius 2 is 1.92 bits per heavy atom. The Morgan fingerprint density at radius 1 is 1.12 bits per heavy atom. The molecule has 0 aromatic heterocycles. The van der Waals surface area contributed by atoms with E-state index in [1.165, 1.54) is 22.3 Å². The van der Waals surface area contributed by atoms with Gasteiger partial charge in [-0.2, -0.15) is 0 Å². The molecule has 3 nitrogen and oxygen atoms in total. The number of benzene rings is 2. The first kappa shape index (κ1) is 15.8. The second-order valence-corrected chi connectivity index (χ2v) is 7.39. The summed E-state index contributed by atoms with van der Waals surface area (Å²) < 4.78 is 0. The van der Waals surface area contributed by atoms with E-state index < -0.39 is 0 Å². The summed E-state index contributed by atoms with van der Waals surface area (Å²) in [5.41, 5.74) is 6.47. The van der Waals surface area contributed by atoms with Crippen LogP contribution in [0.5, 0.6) is 5.75 Å². The maximum absolute atomic E-state index is 10.2. The number of halogens is 1. The molecule has 0 saturated carbocycles. The first-order valence-electron chi connectivity index (χ1n) is 8.60. The number of rotatable bonds is 1. The lowest BCUT2D eigenvalue weighted by molar-refractivity contribution is 0.214. The second-order valence-electron chi connectivity index (χ2n) is 6.98. The highest BCUT2D eigenvalue weighted by atomic mass is 35.5. The van der Waals surface area contributed by atoms with Crippen LogP contribution in [0.2, 0.25) is 5.02 Å². The van der Waals surface area contributed by atoms with E-state index in [1.807, 2.05) is 19.2 Å². The maximum Gasteiger partial charge on any atom is 0.134 e. The van der Waals surface area contributed by atoms with E-state index in [4.69, 9.17) is 11.6 Å². The Bertz CT molecular complexity index is 789. The molecule has 2 aromatic carbocycles. The van der Waals surface area contributed by atoms with E-state index in [9.17, 15) is 5.11 Å². The summed E-state index contributed by atoms with van der Waals surface area (Å²) in [7, 11) is 4.18. The lowest BCUT2D eigenvalue weighted by Crippen LogP contribution is -2.39. The van der Waals surface area contributed by atoms with E-state index in [2.05, 4.69) is 35.5 Å². The van der Waals surface area contributed by atoms with Crippen LogP contribution >= 0.6 is 11.6 Å². The van der Waals surface area contributed by atoms with Crippen molar-refractivity contribution in [2.45, 2.75) is 31.2 Å². The molecule has 1 aliphatic heterocycles. The minimum atomic E-state index is 0.192. The van der Waals surface area contributed by atoms with Gasteiger partial charge in [0.1, 0.15) is 5.75 Å². The number of fused-ring (bicyclic) bond motifs is 5. The molecule has 2 N–H and O–H groups in total. The minimum Gasteiger partial charge on any atom is -0.506 e. The second kappa shape index (κ2) is 5.98. The molecule has 4 rings (SSSR count). The zero-order valence-electron chi connectivity index (χ0n) is 14.1. The number of likely N-dealkylation sites (N-methyl/N-ethyl adjacent to an activating group) is 1. The number of aryl methyl sites for hydroxylation is 1. The van der Waals surface area contributed by atoms with Crippen LogP contribution < -0.4 is 5.32 Å². The third kappa shape index (κ3) is 2.47. The number of nitrogens with zero attached hydrogens (tertiary/aromatic N) is 1. The lowest BCUT2D eigenvalue weighted by atomic mass is 9.74. The summed E-state index contributed by atoms with van der Waals surface area (Å²) >= 11 is 6.18. The van der Waals surface area contributed by atoms with E-state index in [-0.39, 0.29) is 5.75 Å². The van der Waals surface area contributed by atoms with Crippen LogP contribution in [0.15, 0.2) is 30.3 Å². The summed E-state index contributed by atoms with van der Waals surface area (Å²) in [6, 6.07) is 11.0. The molecule has 2 unspecified atom stereocenters. The molecule has 0 amide bonds. The number of phenolic OH excluding ortho intramolecular Hbond substituents is 1. The third-order valence-electron chi connectivity index (χ3n) is 5.70. The summed E-state index contributed by atoms with van der Waals surface area (Å²) in [5, 5.41) is 13.9. The zero-order chi connectivity index (χ0) is 16.8. The van der Waals surface area contributed by atoms with E-state index >= 15 is 0 Å². The van der Waals surface area contributed by atoms with Gasteiger partial charge in [0, 0.05) is 31.2 Å². The molecule has 1 heterocycles. The molecule has 0 saturated heterocycles. The normalized spacial score (nSPS) is 23.0. The third-order valence-corrected chi connectivity index (χ3v) is 6.01. The SMILES string of the molecule is CNc1ccc2c(c1)CCC1C2c2cc(O)c(Cl)cc2CCN1C. The molecule has 2 atom stereocenters. The molecule has 1 aliphatic carbocycles. The Balaban J connectivity index is 1.91. The van der Waals surface area contributed by atoms with Gasteiger partial charge in [0.2, 0.25) is 0 Å². The first-order chi connectivity index (χ1) is 11.6. The predicted molar refractivity (Wildman–Crippen MR) is 99.4 cm³/mol. The van der Waals surface area contributed by atoms with Crippen molar-refractivity contribution in [3.63, 3.8) is 0 Å². The van der Waals surface area contributed by atoms with Crippen molar-refractivity contribution in [1.82, 2.24) is 4.90 Å². The van der Waals surface area contributed by atoms with Gasteiger partial charge in [-0.1, -0.05) is 17.7 Å². The van der Waals surface area contributed by atoms with Gasteiger partial charge in [-0.25, -0.2) is 0 Å². The van der Waals surface area contributed by atoms with Gasteiger partial charge in [-0.15, -0.1) is 0 Å².